The molecule has 0 radical (unpaired) electrons. The average Bonchev–Trinajstić information content (AvgIpc) is 3.52. The number of amides is 1. The van der Waals surface area contributed by atoms with Crippen molar-refractivity contribution in [3.05, 3.63) is 83.8 Å². The van der Waals surface area contributed by atoms with Crippen LogP contribution < -0.4 is 15.2 Å². The number of piperidine rings is 1. The topological polar surface area (TPSA) is 79.0 Å². The highest BCUT2D eigenvalue weighted by Crippen LogP contribution is 2.43. The van der Waals surface area contributed by atoms with Gasteiger partial charge >= 0.3 is 6.29 Å². The second-order valence-corrected chi connectivity index (χ2v) is 11.6. The van der Waals surface area contributed by atoms with Crippen molar-refractivity contribution < 1.29 is 32.2 Å². The summed E-state index contributed by atoms with van der Waals surface area (Å²) < 4.78 is 57.4. The summed E-state index contributed by atoms with van der Waals surface area (Å²) in [6.07, 6.45) is -0.249. The van der Waals surface area contributed by atoms with Crippen molar-refractivity contribution in [1.29, 1.82) is 0 Å². The normalized spacial score (nSPS) is 18.1. The number of aromatic nitrogens is 1. The molecule has 0 aliphatic carbocycles. The molecule has 2 aliphatic rings. The summed E-state index contributed by atoms with van der Waals surface area (Å²) in [6.45, 7) is 2.63. The summed E-state index contributed by atoms with van der Waals surface area (Å²) in [5, 5.41) is 0.996. The number of hydrogen-bond acceptors (Lipinski definition) is 5. The van der Waals surface area contributed by atoms with Crippen LogP contribution in [0.15, 0.2) is 66.7 Å². The first kappa shape index (κ1) is 30.0. The molecular weight excluding hydrogens is 571 g/mol. The molecule has 0 spiro atoms. The number of hydrogen-bond donors (Lipinski definition) is 1. The lowest BCUT2D eigenvalue weighted by molar-refractivity contribution is -0.286. The zero-order valence-electron chi connectivity index (χ0n) is 24.6. The van der Waals surface area contributed by atoms with Crippen LogP contribution in [0.1, 0.15) is 42.9 Å². The predicted octanol–water partition coefficient (Wildman–Crippen LogP) is 6.47. The van der Waals surface area contributed by atoms with Crippen molar-refractivity contribution in [2.24, 2.45) is 5.73 Å². The third-order valence-electron chi connectivity index (χ3n) is 8.44. The number of alkyl halides is 2. The van der Waals surface area contributed by atoms with E-state index in [1.807, 2.05) is 35.2 Å². The molecule has 44 heavy (non-hydrogen) atoms. The molecule has 1 fully saturated rings. The summed E-state index contributed by atoms with van der Waals surface area (Å²) >= 11 is 0. The van der Waals surface area contributed by atoms with Gasteiger partial charge in [-0.2, -0.15) is 0 Å². The highest BCUT2D eigenvalue weighted by molar-refractivity contribution is 5.82. The van der Waals surface area contributed by atoms with E-state index in [-0.39, 0.29) is 41.6 Å². The number of rotatable bonds is 10. The van der Waals surface area contributed by atoms with Crippen molar-refractivity contribution in [1.82, 2.24) is 9.47 Å². The first-order chi connectivity index (χ1) is 21.2. The number of carbonyl (C=O) groups excluding carboxylic acids is 1. The molecule has 1 aromatic heterocycles. The van der Waals surface area contributed by atoms with Crippen molar-refractivity contribution in [2.75, 3.05) is 26.8 Å². The highest BCUT2D eigenvalue weighted by atomic mass is 19.3. The van der Waals surface area contributed by atoms with Crippen LogP contribution in [0.2, 0.25) is 0 Å². The molecule has 4 aromatic rings. The minimum absolute atomic E-state index is 0.00137. The Morgan fingerprint density at radius 3 is 2.61 bits per heavy atom. The van der Waals surface area contributed by atoms with Gasteiger partial charge in [0.25, 0.3) is 0 Å². The fourth-order valence-corrected chi connectivity index (χ4v) is 6.34. The molecular formula is C34H36F3N3O4. The average molecular weight is 608 g/mol. The number of halogens is 3. The maximum atomic E-state index is 14.1. The van der Waals surface area contributed by atoms with Crippen LogP contribution in [0.4, 0.5) is 13.2 Å². The number of methoxy groups -OCH3 is 1. The van der Waals surface area contributed by atoms with Gasteiger partial charge in [0.1, 0.15) is 5.82 Å². The molecule has 1 saturated heterocycles. The number of aryl methyl sites for hydroxylation is 1. The van der Waals surface area contributed by atoms with E-state index in [1.165, 1.54) is 18.2 Å². The Kier molecular flexibility index (Phi) is 8.55. The number of ether oxygens (including phenoxy) is 3. The Hall–Kier alpha value is -4.02. The van der Waals surface area contributed by atoms with Gasteiger partial charge in [0.2, 0.25) is 5.91 Å². The van der Waals surface area contributed by atoms with Crippen molar-refractivity contribution in [3.63, 3.8) is 0 Å². The fraction of sp³-hybridized carbons (Fsp3) is 0.382. The summed E-state index contributed by atoms with van der Waals surface area (Å²) in [5.41, 5.74) is 11.0. The third-order valence-corrected chi connectivity index (χ3v) is 8.44. The van der Waals surface area contributed by atoms with Crippen LogP contribution in [-0.4, -0.2) is 54.5 Å². The van der Waals surface area contributed by atoms with Gasteiger partial charge in [0.05, 0.1) is 5.52 Å². The summed E-state index contributed by atoms with van der Waals surface area (Å²) in [6, 6.07) is 19.0. The number of nitrogens with zero attached hydrogens (tertiary/aromatic N) is 2. The van der Waals surface area contributed by atoms with Gasteiger partial charge in [-0.15, -0.1) is 8.78 Å². The zero-order valence-corrected chi connectivity index (χ0v) is 24.6. The molecule has 232 valence electrons. The molecule has 0 bridgehead atoms. The van der Waals surface area contributed by atoms with E-state index in [9.17, 15) is 18.0 Å². The van der Waals surface area contributed by atoms with E-state index in [0.29, 0.717) is 26.1 Å². The monoisotopic (exact) mass is 607 g/mol. The Bertz CT molecular complexity index is 1640. The van der Waals surface area contributed by atoms with Crippen LogP contribution in [0, 0.1) is 5.82 Å². The molecule has 2 aliphatic heterocycles. The molecule has 7 nitrogen and oxygen atoms in total. The van der Waals surface area contributed by atoms with Crippen LogP contribution in [0.3, 0.4) is 0 Å². The first-order valence-corrected chi connectivity index (χ1v) is 15.0. The maximum absolute atomic E-state index is 14.1. The summed E-state index contributed by atoms with van der Waals surface area (Å²) in [4.78, 5) is 15.3. The molecule has 3 aromatic carbocycles. The quantitative estimate of drug-likeness (QED) is 0.209. The first-order valence-electron chi connectivity index (χ1n) is 15.0. The largest absolute Gasteiger partial charge is 0.586 e. The number of carbonyl (C=O) groups is 1. The van der Waals surface area contributed by atoms with E-state index < -0.39 is 6.29 Å². The Labute approximate surface area is 254 Å². The van der Waals surface area contributed by atoms with Gasteiger partial charge < -0.3 is 29.4 Å². The van der Waals surface area contributed by atoms with Gasteiger partial charge in [-0.05, 0) is 78.8 Å². The molecule has 10 heteroatoms. The molecule has 2 atom stereocenters. The van der Waals surface area contributed by atoms with Crippen molar-refractivity contribution in [2.45, 2.75) is 56.9 Å². The summed E-state index contributed by atoms with van der Waals surface area (Å²) in [5.74, 6) is -0.0788. The van der Waals surface area contributed by atoms with Crippen LogP contribution >= 0.6 is 0 Å². The van der Waals surface area contributed by atoms with Gasteiger partial charge in [-0.3, -0.25) is 4.79 Å². The summed E-state index contributed by atoms with van der Waals surface area (Å²) in [7, 11) is 1.67. The molecule has 0 saturated carbocycles. The Morgan fingerprint density at radius 2 is 1.82 bits per heavy atom. The van der Waals surface area contributed by atoms with Crippen LogP contribution in [0.5, 0.6) is 11.5 Å². The minimum Gasteiger partial charge on any atom is -0.395 e. The van der Waals surface area contributed by atoms with Gasteiger partial charge in [-0.25, -0.2) is 4.39 Å². The van der Waals surface area contributed by atoms with Gasteiger partial charge in [0, 0.05) is 62.8 Å². The van der Waals surface area contributed by atoms with Crippen molar-refractivity contribution in [3.8, 4) is 22.6 Å². The second-order valence-electron chi connectivity index (χ2n) is 11.6. The van der Waals surface area contributed by atoms with E-state index in [4.69, 9.17) is 10.5 Å². The number of benzene rings is 3. The third kappa shape index (κ3) is 6.56. The van der Waals surface area contributed by atoms with E-state index in [0.717, 1.165) is 59.1 Å². The number of fused-ring (bicyclic) bond motifs is 2. The van der Waals surface area contributed by atoms with Crippen molar-refractivity contribution >= 4 is 16.8 Å². The lowest BCUT2D eigenvalue weighted by Crippen LogP contribution is -2.42. The lowest BCUT2D eigenvalue weighted by atomic mass is 9.93. The maximum Gasteiger partial charge on any atom is 0.586 e. The second kappa shape index (κ2) is 12.5. The predicted molar refractivity (Wildman–Crippen MR) is 161 cm³/mol. The molecule has 1 amide bonds. The lowest BCUT2D eigenvalue weighted by Gasteiger charge is -2.34. The van der Waals surface area contributed by atoms with Crippen LogP contribution in [-0.2, 0) is 22.5 Å². The van der Waals surface area contributed by atoms with Gasteiger partial charge in [-0.1, -0.05) is 30.3 Å². The smallest absolute Gasteiger partial charge is 0.395 e. The molecule has 3 heterocycles. The number of nitrogens with two attached hydrogens (primary N) is 1. The van der Waals surface area contributed by atoms with E-state index >= 15 is 0 Å². The SMILES string of the molecule is COCCCn1c(C2CCCN(C(=O)CC(N)Cc3ccc(-c4ccc5c(c4)OC(F)(F)O5)cc3)C2)cc2ccc(F)cc21. The minimum atomic E-state index is -3.65. The van der Waals surface area contributed by atoms with E-state index in [2.05, 4.69) is 20.1 Å². The van der Waals surface area contributed by atoms with Gasteiger partial charge in [0.15, 0.2) is 11.5 Å². The standard InChI is InChI=1S/C34H36F3N3O4/c1-42-15-3-14-40-29(17-25-9-11-27(35)19-30(25)40)26-4-2-13-39(21-26)33(41)20-28(38)16-22-5-7-23(8-6-22)24-10-12-31-32(18-24)44-34(36,37)43-31/h5-12,17-19,26,28H,2-4,13-16,20-21,38H2,1H3. The number of likely N-dealkylation sites (tertiary alicyclic amines) is 1. The zero-order chi connectivity index (χ0) is 30.8. The highest BCUT2D eigenvalue weighted by Gasteiger charge is 2.43. The molecule has 6 rings (SSSR count). The fourth-order valence-electron chi connectivity index (χ4n) is 6.34. The van der Waals surface area contributed by atoms with Crippen LogP contribution in [0.25, 0.3) is 22.0 Å². The Morgan fingerprint density at radius 1 is 1.05 bits per heavy atom. The van der Waals surface area contributed by atoms with E-state index in [1.54, 1.807) is 19.2 Å². The molecule has 2 unspecified atom stereocenters. The molecule has 2 N–H and O–H groups in total. The Balaban J connectivity index is 1.08.